The first-order valence-electron chi connectivity index (χ1n) is 5.29. The van der Waals surface area contributed by atoms with Crippen LogP contribution in [0.3, 0.4) is 0 Å². The van der Waals surface area contributed by atoms with Gasteiger partial charge in [-0.05, 0) is 52.9 Å². The molecule has 98 valence electrons. The van der Waals surface area contributed by atoms with Crippen molar-refractivity contribution in [2.45, 2.75) is 0 Å². The van der Waals surface area contributed by atoms with Crippen molar-refractivity contribution in [2.24, 2.45) is 0 Å². The number of hydrogen-bond acceptors (Lipinski definition) is 2. The van der Waals surface area contributed by atoms with E-state index in [1.54, 1.807) is 18.2 Å². The van der Waals surface area contributed by atoms with E-state index in [2.05, 4.69) is 5.32 Å². The van der Waals surface area contributed by atoms with Gasteiger partial charge in [0.15, 0.2) is 11.6 Å². The largest absolute Gasteiger partial charge is 0.397 e. The fourth-order valence-electron chi connectivity index (χ4n) is 1.51. The lowest BCUT2D eigenvalue weighted by Crippen LogP contribution is -2.15. The number of anilines is 2. The summed E-state index contributed by atoms with van der Waals surface area (Å²) < 4.78 is 27.5. The first-order valence-corrected chi connectivity index (χ1v) is 6.37. The second kappa shape index (κ2) is 5.52. The Morgan fingerprint density at radius 3 is 2.63 bits per heavy atom. The number of rotatable bonds is 2. The van der Waals surface area contributed by atoms with Gasteiger partial charge in [0, 0.05) is 9.13 Å². The van der Waals surface area contributed by atoms with Crippen molar-refractivity contribution in [2.75, 3.05) is 11.1 Å². The third-order valence-electron chi connectivity index (χ3n) is 2.45. The van der Waals surface area contributed by atoms with Gasteiger partial charge in [-0.2, -0.15) is 0 Å². The van der Waals surface area contributed by atoms with Crippen LogP contribution >= 0.6 is 22.6 Å². The highest BCUT2D eigenvalue weighted by Gasteiger charge is 2.15. The van der Waals surface area contributed by atoms with Crippen molar-refractivity contribution in [1.82, 2.24) is 0 Å². The summed E-state index contributed by atoms with van der Waals surface area (Å²) in [5, 5.41) is 2.28. The molecule has 2 aromatic carbocycles. The topological polar surface area (TPSA) is 55.1 Å². The summed E-state index contributed by atoms with van der Waals surface area (Å²) in [5.74, 6) is -2.78. The van der Waals surface area contributed by atoms with Crippen molar-refractivity contribution in [3.63, 3.8) is 0 Å². The van der Waals surface area contributed by atoms with Crippen molar-refractivity contribution >= 4 is 39.9 Å². The lowest BCUT2D eigenvalue weighted by Gasteiger charge is -2.10. The van der Waals surface area contributed by atoms with Crippen LogP contribution in [0.4, 0.5) is 20.2 Å². The Hall–Kier alpha value is -1.70. The van der Waals surface area contributed by atoms with Gasteiger partial charge in [0.1, 0.15) is 5.69 Å². The Bertz CT molecular complexity index is 647. The van der Waals surface area contributed by atoms with Gasteiger partial charge in [-0.15, -0.1) is 0 Å². The number of amides is 1. The van der Waals surface area contributed by atoms with Gasteiger partial charge in [-0.25, -0.2) is 8.78 Å². The number of nitrogens with two attached hydrogens (primary N) is 1. The van der Waals surface area contributed by atoms with Crippen LogP contribution < -0.4 is 11.1 Å². The van der Waals surface area contributed by atoms with Crippen LogP contribution in [0, 0.1) is 15.2 Å². The molecular formula is C13H9F2IN2O. The van der Waals surface area contributed by atoms with Gasteiger partial charge in [0.25, 0.3) is 5.91 Å². The van der Waals surface area contributed by atoms with Gasteiger partial charge in [-0.1, -0.05) is 6.07 Å². The second-order valence-electron chi connectivity index (χ2n) is 3.79. The highest BCUT2D eigenvalue weighted by Crippen LogP contribution is 2.25. The van der Waals surface area contributed by atoms with Gasteiger partial charge in [0.05, 0.1) is 5.69 Å². The first-order chi connectivity index (χ1) is 8.99. The van der Waals surface area contributed by atoms with E-state index in [0.717, 1.165) is 9.64 Å². The molecule has 3 N–H and O–H groups in total. The fraction of sp³-hybridized carbons (Fsp3) is 0. The minimum Gasteiger partial charge on any atom is -0.397 e. The van der Waals surface area contributed by atoms with E-state index in [1.807, 2.05) is 28.7 Å². The molecule has 0 unspecified atom stereocenters. The molecule has 1 amide bonds. The summed E-state index contributed by atoms with van der Waals surface area (Å²) in [6.07, 6.45) is 0. The summed E-state index contributed by atoms with van der Waals surface area (Å²) in [4.78, 5) is 11.9. The minimum atomic E-state index is -1.17. The summed E-state index contributed by atoms with van der Waals surface area (Å²) in [5.41, 5.74) is 5.49. The molecule has 0 aliphatic heterocycles. The van der Waals surface area contributed by atoms with Crippen LogP contribution in [-0.2, 0) is 0 Å². The average Bonchev–Trinajstić information content (AvgIpc) is 2.39. The number of halogens is 3. The molecule has 3 nitrogen and oxygen atoms in total. The molecule has 0 aliphatic carbocycles. The second-order valence-corrected chi connectivity index (χ2v) is 5.04. The monoisotopic (exact) mass is 374 g/mol. The number of carbonyl (C=O) groups is 1. The van der Waals surface area contributed by atoms with Crippen LogP contribution in [0.1, 0.15) is 10.4 Å². The SMILES string of the molecule is Nc1ccc(F)c(F)c1NC(=O)c1cccc(I)c1. The van der Waals surface area contributed by atoms with Crippen LogP contribution in [0.25, 0.3) is 0 Å². The summed E-state index contributed by atoms with van der Waals surface area (Å²) in [7, 11) is 0. The Balaban J connectivity index is 2.32. The molecular weight excluding hydrogens is 365 g/mol. The Labute approximate surface area is 121 Å². The van der Waals surface area contributed by atoms with Gasteiger partial charge in [-0.3, -0.25) is 4.79 Å². The molecule has 0 saturated heterocycles. The Morgan fingerprint density at radius 1 is 1.21 bits per heavy atom. The summed E-state index contributed by atoms with van der Waals surface area (Å²) in [6, 6.07) is 8.82. The Kier molecular flexibility index (Phi) is 3.98. The molecule has 6 heteroatoms. The van der Waals surface area contributed by atoms with Crippen LogP contribution in [-0.4, -0.2) is 5.91 Å². The third-order valence-corrected chi connectivity index (χ3v) is 3.12. The maximum atomic E-state index is 13.5. The smallest absolute Gasteiger partial charge is 0.255 e. The molecule has 0 saturated carbocycles. The van der Waals surface area contributed by atoms with E-state index in [9.17, 15) is 13.6 Å². The van der Waals surface area contributed by atoms with Gasteiger partial charge in [0.2, 0.25) is 0 Å². The average molecular weight is 374 g/mol. The molecule has 0 aliphatic rings. The van der Waals surface area contributed by atoms with Crippen molar-refractivity contribution in [3.8, 4) is 0 Å². The summed E-state index contributed by atoms with van der Waals surface area (Å²) >= 11 is 2.05. The van der Waals surface area contributed by atoms with Crippen LogP contribution in [0.15, 0.2) is 36.4 Å². The van der Waals surface area contributed by atoms with Gasteiger partial charge >= 0.3 is 0 Å². The van der Waals surface area contributed by atoms with E-state index in [0.29, 0.717) is 5.56 Å². The molecule has 2 rings (SSSR count). The minimum absolute atomic E-state index is 0.0297. The van der Waals surface area contributed by atoms with E-state index in [1.165, 1.54) is 6.07 Å². The third kappa shape index (κ3) is 3.01. The predicted molar refractivity (Wildman–Crippen MR) is 77.9 cm³/mol. The Morgan fingerprint density at radius 2 is 1.95 bits per heavy atom. The van der Waals surface area contributed by atoms with Crippen molar-refractivity contribution in [1.29, 1.82) is 0 Å². The number of benzene rings is 2. The zero-order valence-electron chi connectivity index (χ0n) is 9.58. The normalized spacial score (nSPS) is 10.3. The van der Waals surface area contributed by atoms with Crippen LogP contribution in [0.5, 0.6) is 0 Å². The standard InChI is InChI=1S/C13H9F2IN2O/c14-9-4-5-10(17)12(11(9)15)18-13(19)7-2-1-3-8(16)6-7/h1-6H,17H2,(H,18,19). The predicted octanol–water partition coefficient (Wildman–Crippen LogP) is 3.40. The molecule has 0 bridgehead atoms. The van der Waals surface area contributed by atoms with Crippen LogP contribution in [0.2, 0.25) is 0 Å². The highest BCUT2D eigenvalue weighted by molar-refractivity contribution is 14.1. The zero-order valence-corrected chi connectivity index (χ0v) is 11.7. The van der Waals surface area contributed by atoms with E-state index in [-0.39, 0.29) is 11.4 Å². The molecule has 2 aromatic rings. The maximum absolute atomic E-state index is 13.5. The quantitative estimate of drug-likeness (QED) is 0.626. The van der Waals surface area contributed by atoms with E-state index >= 15 is 0 Å². The maximum Gasteiger partial charge on any atom is 0.255 e. The van der Waals surface area contributed by atoms with E-state index in [4.69, 9.17) is 5.73 Å². The van der Waals surface area contributed by atoms with E-state index < -0.39 is 17.5 Å². The molecule has 0 atom stereocenters. The highest BCUT2D eigenvalue weighted by atomic mass is 127. The molecule has 0 spiro atoms. The summed E-state index contributed by atoms with van der Waals surface area (Å²) in [6.45, 7) is 0. The molecule has 0 heterocycles. The van der Waals surface area contributed by atoms with Crippen molar-refractivity contribution in [3.05, 3.63) is 57.2 Å². The number of nitrogens with one attached hydrogen (secondary N) is 1. The lowest BCUT2D eigenvalue weighted by molar-refractivity contribution is 0.102. The van der Waals surface area contributed by atoms with Crippen molar-refractivity contribution < 1.29 is 13.6 Å². The lowest BCUT2D eigenvalue weighted by atomic mass is 10.2. The molecule has 0 fully saturated rings. The number of nitrogen functional groups attached to an aromatic ring is 1. The zero-order chi connectivity index (χ0) is 14.0. The number of hydrogen-bond donors (Lipinski definition) is 2. The first kappa shape index (κ1) is 13.7. The van der Waals surface area contributed by atoms with Gasteiger partial charge < -0.3 is 11.1 Å². The fourth-order valence-corrected chi connectivity index (χ4v) is 2.05. The molecule has 19 heavy (non-hydrogen) atoms. The number of carbonyl (C=O) groups excluding carboxylic acids is 1. The molecule has 0 radical (unpaired) electrons. The molecule has 0 aromatic heterocycles.